The smallest absolute Gasteiger partial charge is 0.416 e. The quantitative estimate of drug-likeness (QED) is 0.487. The number of hydrogen-bond acceptors (Lipinski definition) is 6. The highest BCUT2D eigenvalue weighted by Gasteiger charge is 2.33. The van der Waals surface area contributed by atoms with Crippen LogP contribution >= 0.6 is 0 Å². The number of rotatable bonds is 7. The van der Waals surface area contributed by atoms with E-state index in [4.69, 9.17) is 4.74 Å². The number of anilines is 2. The van der Waals surface area contributed by atoms with Crippen LogP contribution in [0.1, 0.15) is 18.4 Å². The lowest BCUT2D eigenvalue weighted by molar-refractivity contribution is -0.384. The van der Waals surface area contributed by atoms with Crippen molar-refractivity contribution in [3.8, 4) is 5.75 Å². The number of methoxy groups -OCH3 is 1. The number of benzene rings is 2. The van der Waals surface area contributed by atoms with Gasteiger partial charge >= 0.3 is 6.18 Å². The third-order valence-corrected chi connectivity index (χ3v) is 5.46. The number of nitro groups is 1. The zero-order valence-electron chi connectivity index (χ0n) is 18.1. The first kappa shape index (κ1) is 24.1. The maximum atomic E-state index is 12.8. The van der Waals surface area contributed by atoms with Crippen LogP contribution in [0.4, 0.5) is 30.2 Å². The van der Waals surface area contributed by atoms with Crippen LogP contribution in [0.5, 0.6) is 5.75 Å². The fraction of sp³-hybridized carbons (Fsp3) is 0.409. The molecule has 1 N–H and O–H groups in total. The van der Waals surface area contributed by atoms with E-state index < -0.39 is 22.4 Å². The van der Waals surface area contributed by atoms with Gasteiger partial charge in [-0.15, -0.1) is 0 Å². The van der Waals surface area contributed by atoms with Crippen molar-refractivity contribution in [2.75, 3.05) is 50.1 Å². The van der Waals surface area contributed by atoms with Crippen molar-refractivity contribution in [1.29, 1.82) is 0 Å². The first-order chi connectivity index (χ1) is 15.7. The molecule has 0 bridgehead atoms. The summed E-state index contributed by atoms with van der Waals surface area (Å²) in [4.78, 5) is 26.9. The monoisotopic (exact) mass is 466 g/mol. The number of nitrogens with one attached hydrogen (secondary N) is 1. The Morgan fingerprint density at radius 1 is 1.12 bits per heavy atom. The Morgan fingerprint density at radius 2 is 1.85 bits per heavy atom. The lowest BCUT2D eigenvalue weighted by Gasteiger charge is -2.24. The highest BCUT2D eigenvalue weighted by Crippen LogP contribution is 2.35. The molecular weight excluding hydrogens is 441 g/mol. The fourth-order valence-corrected chi connectivity index (χ4v) is 3.69. The first-order valence-electron chi connectivity index (χ1n) is 10.5. The first-order valence-corrected chi connectivity index (χ1v) is 10.5. The van der Waals surface area contributed by atoms with Crippen molar-refractivity contribution in [2.24, 2.45) is 0 Å². The third-order valence-electron chi connectivity index (χ3n) is 5.46. The molecule has 0 radical (unpaired) electrons. The Bertz CT molecular complexity index is 983. The molecular formula is C22H25F3N4O4. The highest BCUT2D eigenvalue weighted by atomic mass is 19.4. The average Bonchev–Trinajstić information content (AvgIpc) is 3.05. The molecule has 8 nitrogen and oxygen atoms in total. The Kier molecular flexibility index (Phi) is 7.62. The molecule has 0 saturated carbocycles. The zero-order valence-corrected chi connectivity index (χ0v) is 18.1. The van der Waals surface area contributed by atoms with E-state index in [1.807, 2.05) is 24.3 Å². The molecule has 1 aliphatic rings. The van der Waals surface area contributed by atoms with Gasteiger partial charge in [-0.3, -0.25) is 14.9 Å². The number of amides is 1. The van der Waals surface area contributed by atoms with Gasteiger partial charge in [0.1, 0.15) is 11.4 Å². The van der Waals surface area contributed by atoms with E-state index >= 15 is 0 Å². The van der Waals surface area contributed by atoms with E-state index in [-0.39, 0.29) is 24.6 Å². The summed E-state index contributed by atoms with van der Waals surface area (Å²) >= 11 is 0. The van der Waals surface area contributed by atoms with Crippen molar-refractivity contribution in [3.05, 3.63) is 58.1 Å². The van der Waals surface area contributed by atoms with Crippen molar-refractivity contribution in [1.82, 2.24) is 4.90 Å². The van der Waals surface area contributed by atoms with Gasteiger partial charge in [0.2, 0.25) is 5.91 Å². The molecule has 0 unspecified atom stereocenters. The highest BCUT2D eigenvalue weighted by molar-refractivity contribution is 5.77. The number of carbonyl (C=O) groups excluding carboxylic acids is 1. The van der Waals surface area contributed by atoms with Gasteiger partial charge in [-0.1, -0.05) is 0 Å². The van der Waals surface area contributed by atoms with Crippen LogP contribution in [-0.2, 0) is 11.0 Å². The van der Waals surface area contributed by atoms with Crippen LogP contribution in [0.2, 0.25) is 0 Å². The molecule has 2 aromatic carbocycles. The molecule has 3 rings (SSSR count). The van der Waals surface area contributed by atoms with Crippen LogP contribution in [0, 0.1) is 10.1 Å². The van der Waals surface area contributed by atoms with Crippen LogP contribution < -0.4 is 15.0 Å². The summed E-state index contributed by atoms with van der Waals surface area (Å²) in [5.41, 5.74) is -0.785. The van der Waals surface area contributed by atoms with Gasteiger partial charge in [-0.25, -0.2) is 0 Å². The fourth-order valence-electron chi connectivity index (χ4n) is 3.69. The summed E-state index contributed by atoms with van der Waals surface area (Å²) < 4.78 is 43.7. The van der Waals surface area contributed by atoms with E-state index in [0.29, 0.717) is 25.7 Å². The second-order valence-electron chi connectivity index (χ2n) is 7.58. The topological polar surface area (TPSA) is 88.0 Å². The largest absolute Gasteiger partial charge is 0.497 e. The lowest BCUT2D eigenvalue weighted by atomic mass is 10.1. The molecule has 33 heavy (non-hydrogen) atoms. The van der Waals surface area contributed by atoms with Crippen molar-refractivity contribution in [3.63, 3.8) is 0 Å². The molecule has 0 aliphatic carbocycles. The molecule has 1 aliphatic heterocycles. The molecule has 11 heteroatoms. The Hall–Kier alpha value is -3.50. The van der Waals surface area contributed by atoms with E-state index in [1.165, 1.54) is 0 Å². The molecule has 1 fully saturated rings. The predicted molar refractivity (Wildman–Crippen MR) is 118 cm³/mol. The molecule has 1 amide bonds. The summed E-state index contributed by atoms with van der Waals surface area (Å²) in [5.74, 6) is 0.653. The molecule has 1 saturated heterocycles. The van der Waals surface area contributed by atoms with Crippen molar-refractivity contribution in [2.45, 2.75) is 19.0 Å². The number of nitrogens with zero attached hydrogens (tertiary/aromatic N) is 3. The third kappa shape index (κ3) is 6.27. The molecule has 178 valence electrons. The van der Waals surface area contributed by atoms with E-state index in [0.717, 1.165) is 36.5 Å². The second-order valence-corrected chi connectivity index (χ2v) is 7.58. The minimum Gasteiger partial charge on any atom is -0.497 e. The number of nitro benzene ring substituents is 1. The normalized spacial score (nSPS) is 14.5. The van der Waals surface area contributed by atoms with Gasteiger partial charge in [-0.05, 0) is 42.8 Å². The SMILES string of the molecule is COc1ccc(N2CCCN(C(=O)CCNc3ccc(C(F)(F)F)cc3[N+](=O)[O-])CC2)cc1. The average molecular weight is 466 g/mol. The van der Waals surface area contributed by atoms with Gasteiger partial charge in [0.15, 0.2) is 0 Å². The minimum atomic E-state index is -4.67. The number of alkyl halides is 3. The van der Waals surface area contributed by atoms with E-state index in [2.05, 4.69) is 10.2 Å². The predicted octanol–water partition coefficient (Wildman–Crippen LogP) is 4.16. The summed E-state index contributed by atoms with van der Waals surface area (Å²) in [6.07, 6.45) is -3.82. The maximum Gasteiger partial charge on any atom is 0.416 e. The molecule has 2 aromatic rings. The minimum absolute atomic E-state index is 0.0534. The van der Waals surface area contributed by atoms with Crippen LogP contribution in [0.15, 0.2) is 42.5 Å². The number of carbonyl (C=O) groups is 1. The summed E-state index contributed by atoms with van der Waals surface area (Å²) in [5, 5.41) is 13.9. The Labute approximate surface area is 189 Å². The molecule has 0 aromatic heterocycles. The Balaban J connectivity index is 1.54. The molecule has 1 heterocycles. The van der Waals surface area contributed by atoms with Gasteiger partial charge in [0.25, 0.3) is 5.69 Å². The Morgan fingerprint density at radius 3 is 2.48 bits per heavy atom. The van der Waals surface area contributed by atoms with Crippen molar-refractivity contribution >= 4 is 23.0 Å². The van der Waals surface area contributed by atoms with Crippen LogP contribution in [0.25, 0.3) is 0 Å². The second kappa shape index (κ2) is 10.4. The summed E-state index contributed by atoms with van der Waals surface area (Å²) in [7, 11) is 1.61. The molecule has 0 spiro atoms. The lowest BCUT2D eigenvalue weighted by Crippen LogP contribution is -2.36. The standard InChI is InChI=1S/C22H25F3N4O4/c1-33-18-6-4-17(5-7-18)27-11-2-12-28(14-13-27)21(30)9-10-26-19-8-3-16(22(23,24)25)15-20(19)29(31)32/h3-8,15,26H,2,9-14H2,1H3. The number of ether oxygens (including phenoxy) is 1. The van der Waals surface area contributed by atoms with Gasteiger partial charge in [-0.2, -0.15) is 13.2 Å². The number of hydrogen-bond donors (Lipinski definition) is 1. The van der Waals surface area contributed by atoms with E-state index in [9.17, 15) is 28.1 Å². The summed E-state index contributed by atoms with van der Waals surface area (Å²) in [6.45, 7) is 2.66. The van der Waals surface area contributed by atoms with Crippen molar-refractivity contribution < 1.29 is 27.6 Å². The maximum absolute atomic E-state index is 12.8. The molecule has 0 atom stereocenters. The zero-order chi connectivity index (χ0) is 24.0. The van der Waals surface area contributed by atoms with Gasteiger partial charge in [0.05, 0.1) is 17.6 Å². The van der Waals surface area contributed by atoms with Crippen LogP contribution in [-0.4, -0.2) is 55.6 Å². The number of halogens is 3. The summed E-state index contributed by atoms with van der Waals surface area (Å²) in [6, 6.07) is 10.00. The van der Waals surface area contributed by atoms with E-state index in [1.54, 1.807) is 12.0 Å². The van der Waals surface area contributed by atoms with Gasteiger partial charge < -0.3 is 19.9 Å². The van der Waals surface area contributed by atoms with Gasteiger partial charge in [0, 0.05) is 50.9 Å². The van der Waals surface area contributed by atoms with Crippen LogP contribution in [0.3, 0.4) is 0 Å².